The molecule has 2 N–H and O–H groups in total. The lowest BCUT2D eigenvalue weighted by molar-refractivity contribution is 0.276. The zero-order chi connectivity index (χ0) is 22.2. The lowest BCUT2D eigenvalue weighted by Gasteiger charge is -2.02. The predicted molar refractivity (Wildman–Crippen MR) is 134 cm³/mol. The highest BCUT2D eigenvalue weighted by Crippen LogP contribution is 2.11. The second-order valence-corrected chi connectivity index (χ2v) is 8.47. The average molecular weight is 433 g/mol. The second kappa shape index (κ2) is 21.6. The highest BCUT2D eigenvalue weighted by molar-refractivity contribution is 5.83. The minimum atomic E-state index is 0.177. The maximum absolute atomic E-state index is 8.39. The van der Waals surface area contributed by atoms with E-state index in [0.29, 0.717) is 6.54 Å². The van der Waals surface area contributed by atoms with Crippen molar-refractivity contribution in [2.24, 2.45) is 4.99 Å². The molecule has 1 aromatic rings. The van der Waals surface area contributed by atoms with Crippen LogP contribution in [-0.4, -0.2) is 40.2 Å². The van der Waals surface area contributed by atoms with E-state index in [-0.39, 0.29) is 6.61 Å². The molecule has 5 nitrogen and oxygen atoms in total. The topological polar surface area (TPSA) is 62.4 Å². The van der Waals surface area contributed by atoms with E-state index in [0.717, 1.165) is 13.1 Å². The molecule has 0 saturated carbocycles. The van der Waals surface area contributed by atoms with Crippen LogP contribution in [0.1, 0.15) is 103 Å². The van der Waals surface area contributed by atoms with Gasteiger partial charge in [-0.1, -0.05) is 76.9 Å². The van der Waals surface area contributed by atoms with Crippen LogP contribution in [0.25, 0.3) is 0 Å². The number of aromatic nitrogens is 2. The molecule has 1 aromatic heterocycles. The highest BCUT2D eigenvalue weighted by atomic mass is 16.3. The second-order valence-electron chi connectivity index (χ2n) is 8.47. The summed E-state index contributed by atoms with van der Waals surface area (Å²) in [5.41, 5.74) is 0. The minimum absolute atomic E-state index is 0.177. The van der Waals surface area contributed by atoms with E-state index >= 15 is 0 Å². The van der Waals surface area contributed by atoms with Crippen molar-refractivity contribution in [1.29, 1.82) is 0 Å². The Morgan fingerprint density at radius 3 is 2.13 bits per heavy atom. The van der Waals surface area contributed by atoms with E-state index in [4.69, 9.17) is 5.11 Å². The minimum Gasteiger partial charge on any atom is -0.395 e. The van der Waals surface area contributed by atoms with Gasteiger partial charge in [-0.2, -0.15) is 0 Å². The van der Waals surface area contributed by atoms with Crippen molar-refractivity contribution in [3.05, 3.63) is 30.9 Å². The van der Waals surface area contributed by atoms with Gasteiger partial charge in [0.1, 0.15) is 0 Å². The monoisotopic (exact) mass is 432 g/mol. The Morgan fingerprint density at radius 2 is 1.58 bits per heavy atom. The molecular formula is C26H48N4O. The summed E-state index contributed by atoms with van der Waals surface area (Å²) in [4.78, 5) is 8.23. The Hall–Kier alpha value is -1.62. The summed E-state index contributed by atoms with van der Waals surface area (Å²) in [6.07, 6.45) is 30.5. The molecule has 0 spiro atoms. The number of rotatable bonds is 18. The third-order valence-electron chi connectivity index (χ3n) is 5.59. The van der Waals surface area contributed by atoms with Crippen molar-refractivity contribution in [3.8, 4) is 0 Å². The van der Waals surface area contributed by atoms with E-state index in [1.165, 1.54) is 102 Å². The molecule has 0 radical (unpaired) electrons. The third kappa shape index (κ3) is 17.7. The van der Waals surface area contributed by atoms with Crippen LogP contribution in [0.3, 0.4) is 0 Å². The molecule has 0 fully saturated rings. The van der Waals surface area contributed by atoms with E-state index < -0.39 is 0 Å². The third-order valence-corrected chi connectivity index (χ3v) is 5.59. The summed E-state index contributed by atoms with van der Waals surface area (Å²) in [5, 5.41) is 11.7. The summed E-state index contributed by atoms with van der Waals surface area (Å²) < 4.78 is 1.82. The van der Waals surface area contributed by atoms with Gasteiger partial charge in [0.25, 0.3) is 0 Å². The number of unbranched alkanes of at least 4 members (excludes halogenated alkanes) is 12. The standard InChI is InChI=1S/C21H40N2.C5H8N2O/c1-2-3-4-5-6-7-8-9-10-11-12-13-14-15-16-17-18-21-22-19-20-23-21;8-4-3-7-2-1-6-5-7/h9-10H,2-8,11-20H2,1H3,(H,22,23);1-2,5,8H,3-4H2. The Kier molecular flexibility index (Phi) is 19.1. The smallest absolute Gasteiger partial charge is 0.0964 e. The first kappa shape index (κ1) is 27.4. The normalized spacial score (nSPS) is 13.2. The van der Waals surface area contributed by atoms with Gasteiger partial charge in [0.05, 0.1) is 25.3 Å². The Bertz CT molecular complexity index is 540. The van der Waals surface area contributed by atoms with Crippen LogP contribution in [-0.2, 0) is 6.54 Å². The number of amidine groups is 1. The fourth-order valence-corrected chi connectivity index (χ4v) is 3.69. The predicted octanol–water partition coefficient (Wildman–Crippen LogP) is 6.29. The van der Waals surface area contributed by atoms with Gasteiger partial charge in [-0.3, -0.25) is 4.99 Å². The number of hydrogen-bond acceptors (Lipinski definition) is 4. The van der Waals surface area contributed by atoms with Gasteiger partial charge in [-0.15, -0.1) is 0 Å². The van der Waals surface area contributed by atoms with Crippen LogP contribution < -0.4 is 5.32 Å². The maximum Gasteiger partial charge on any atom is 0.0964 e. The van der Waals surface area contributed by atoms with Crippen molar-refractivity contribution in [2.75, 3.05) is 19.7 Å². The Labute approximate surface area is 191 Å². The molecule has 0 aromatic carbocycles. The lowest BCUT2D eigenvalue weighted by Crippen LogP contribution is -2.17. The van der Waals surface area contributed by atoms with E-state index in [1.807, 2.05) is 10.8 Å². The SMILES string of the molecule is CCCCCCCCC=CCCCCCCCCC1=NCCN1.OCCn1ccnc1. The van der Waals surface area contributed by atoms with Gasteiger partial charge in [-0.05, 0) is 32.1 Å². The molecule has 5 heteroatoms. The molecule has 0 bridgehead atoms. The van der Waals surface area contributed by atoms with E-state index in [2.05, 4.69) is 34.4 Å². The molecule has 2 heterocycles. The van der Waals surface area contributed by atoms with Gasteiger partial charge in [0, 0.05) is 31.9 Å². The zero-order valence-corrected chi connectivity index (χ0v) is 20.1. The number of aliphatic hydroxyl groups excluding tert-OH is 1. The molecule has 178 valence electrons. The summed E-state index contributed by atoms with van der Waals surface area (Å²) in [6.45, 7) is 5.14. The Morgan fingerprint density at radius 1 is 0.935 bits per heavy atom. The fraction of sp³-hybridized carbons (Fsp3) is 0.769. The van der Waals surface area contributed by atoms with Crippen LogP contribution in [0.4, 0.5) is 0 Å². The number of nitrogens with one attached hydrogen (secondary N) is 1. The van der Waals surface area contributed by atoms with Gasteiger partial charge >= 0.3 is 0 Å². The van der Waals surface area contributed by atoms with Gasteiger partial charge in [0.15, 0.2) is 0 Å². The molecule has 0 amide bonds. The summed E-state index contributed by atoms with van der Waals surface area (Å²) in [7, 11) is 0. The van der Waals surface area contributed by atoms with E-state index in [9.17, 15) is 0 Å². The first-order valence-corrected chi connectivity index (χ1v) is 12.9. The van der Waals surface area contributed by atoms with Crippen LogP contribution in [0.2, 0.25) is 0 Å². The number of nitrogens with zero attached hydrogens (tertiary/aromatic N) is 3. The molecular weight excluding hydrogens is 384 g/mol. The quantitative estimate of drug-likeness (QED) is 0.212. The van der Waals surface area contributed by atoms with Crippen molar-refractivity contribution >= 4 is 5.84 Å². The highest BCUT2D eigenvalue weighted by Gasteiger charge is 2.03. The molecule has 31 heavy (non-hydrogen) atoms. The van der Waals surface area contributed by atoms with Gasteiger partial charge in [0.2, 0.25) is 0 Å². The lowest BCUT2D eigenvalue weighted by atomic mass is 10.1. The number of aliphatic hydroxyl groups is 1. The average Bonchev–Trinajstić information content (AvgIpc) is 3.49. The molecule has 1 aliphatic rings. The number of allylic oxidation sites excluding steroid dienone is 2. The first-order valence-electron chi connectivity index (χ1n) is 12.9. The summed E-state index contributed by atoms with van der Waals surface area (Å²) >= 11 is 0. The number of imidazole rings is 1. The molecule has 0 atom stereocenters. The van der Waals surface area contributed by atoms with Gasteiger partial charge < -0.3 is 15.0 Å². The van der Waals surface area contributed by atoms with Crippen LogP contribution in [0, 0.1) is 0 Å². The van der Waals surface area contributed by atoms with Crippen molar-refractivity contribution in [3.63, 3.8) is 0 Å². The maximum atomic E-state index is 8.39. The van der Waals surface area contributed by atoms with Crippen molar-refractivity contribution < 1.29 is 5.11 Å². The summed E-state index contributed by atoms with van der Waals surface area (Å²) in [5.74, 6) is 1.25. The molecule has 0 aliphatic carbocycles. The van der Waals surface area contributed by atoms with E-state index in [1.54, 1.807) is 12.5 Å². The number of hydrogen-bond donors (Lipinski definition) is 2. The Balaban J connectivity index is 0.000000500. The number of aliphatic imine (C=N–C) groups is 1. The first-order chi connectivity index (χ1) is 15.4. The molecule has 1 aliphatic heterocycles. The molecule has 0 saturated heterocycles. The van der Waals surface area contributed by atoms with Crippen LogP contribution in [0.5, 0.6) is 0 Å². The van der Waals surface area contributed by atoms with Gasteiger partial charge in [-0.25, -0.2) is 4.98 Å². The van der Waals surface area contributed by atoms with Crippen LogP contribution in [0.15, 0.2) is 35.9 Å². The van der Waals surface area contributed by atoms with Crippen molar-refractivity contribution in [1.82, 2.24) is 14.9 Å². The zero-order valence-electron chi connectivity index (χ0n) is 20.1. The van der Waals surface area contributed by atoms with Crippen LogP contribution >= 0.6 is 0 Å². The fourth-order valence-electron chi connectivity index (χ4n) is 3.69. The molecule has 2 rings (SSSR count). The summed E-state index contributed by atoms with van der Waals surface area (Å²) in [6, 6.07) is 0. The largest absolute Gasteiger partial charge is 0.395 e. The molecule has 0 unspecified atom stereocenters. The van der Waals surface area contributed by atoms with Crippen molar-refractivity contribution in [2.45, 2.75) is 110 Å².